The van der Waals surface area contributed by atoms with Gasteiger partial charge in [0.25, 0.3) is 0 Å². The number of hydrogen-bond acceptors (Lipinski definition) is 4. The summed E-state index contributed by atoms with van der Waals surface area (Å²) in [6.45, 7) is 2.11. The van der Waals surface area contributed by atoms with Gasteiger partial charge in [0.1, 0.15) is 11.3 Å². The molecule has 1 atom stereocenters. The summed E-state index contributed by atoms with van der Waals surface area (Å²) in [5.74, 6) is 0.794. The van der Waals surface area contributed by atoms with Crippen molar-refractivity contribution in [3.05, 3.63) is 48.0 Å². The largest absolute Gasteiger partial charge is 0.497 e. The molecule has 1 heterocycles. The zero-order chi connectivity index (χ0) is 14.8. The summed E-state index contributed by atoms with van der Waals surface area (Å²) in [5.41, 5.74) is 9.79. The van der Waals surface area contributed by atoms with Gasteiger partial charge in [0.15, 0.2) is 0 Å². The normalized spacial score (nSPS) is 12.5. The molecule has 108 valence electrons. The summed E-state index contributed by atoms with van der Waals surface area (Å²) < 4.78 is 7.24. The third-order valence-electron chi connectivity index (χ3n) is 3.71. The van der Waals surface area contributed by atoms with Crippen molar-refractivity contribution in [1.82, 2.24) is 15.0 Å². The standard InChI is InChI=1S/C16H18N4O/c1-3-15(12-10-11(21-2)8-9-13(12)17)20-16-7-5-4-6-14(16)18-19-20/h4-10,15H,3,17H2,1-2H3. The number of nitrogen functional groups attached to an aromatic ring is 1. The molecule has 1 unspecified atom stereocenters. The summed E-state index contributed by atoms with van der Waals surface area (Å²) in [7, 11) is 1.65. The van der Waals surface area contributed by atoms with Crippen LogP contribution in [0.1, 0.15) is 24.9 Å². The van der Waals surface area contributed by atoms with Crippen molar-refractivity contribution in [1.29, 1.82) is 0 Å². The third-order valence-corrected chi connectivity index (χ3v) is 3.71. The van der Waals surface area contributed by atoms with Crippen molar-refractivity contribution in [3.63, 3.8) is 0 Å². The Morgan fingerprint density at radius 3 is 2.81 bits per heavy atom. The average molecular weight is 282 g/mol. The first-order valence-corrected chi connectivity index (χ1v) is 6.98. The molecule has 1 aromatic heterocycles. The van der Waals surface area contributed by atoms with Crippen molar-refractivity contribution < 1.29 is 4.74 Å². The van der Waals surface area contributed by atoms with Gasteiger partial charge in [-0.05, 0) is 36.8 Å². The first-order chi connectivity index (χ1) is 10.2. The van der Waals surface area contributed by atoms with E-state index in [1.807, 2.05) is 47.1 Å². The smallest absolute Gasteiger partial charge is 0.119 e. The molecule has 0 saturated heterocycles. The lowest BCUT2D eigenvalue weighted by atomic mass is 10.0. The molecule has 5 heteroatoms. The van der Waals surface area contributed by atoms with Gasteiger partial charge in [-0.15, -0.1) is 5.10 Å². The van der Waals surface area contributed by atoms with Crippen molar-refractivity contribution in [3.8, 4) is 5.75 Å². The molecule has 0 radical (unpaired) electrons. The van der Waals surface area contributed by atoms with Crippen LogP contribution in [0.2, 0.25) is 0 Å². The molecule has 5 nitrogen and oxygen atoms in total. The highest BCUT2D eigenvalue weighted by molar-refractivity contribution is 5.74. The maximum absolute atomic E-state index is 6.15. The number of fused-ring (bicyclic) bond motifs is 1. The van der Waals surface area contributed by atoms with Gasteiger partial charge >= 0.3 is 0 Å². The molecule has 0 spiro atoms. The molecule has 21 heavy (non-hydrogen) atoms. The molecule has 0 aliphatic rings. The van der Waals surface area contributed by atoms with Gasteiger partial charge in [0, 0.05) is 11.3 Å². The predicted molar refractivity (Wildman–Crippen MR) is 83.4 cm³/mol. The molecule has 0 saturated carbocycles. The molecule has 3 aromatic rings. The van der Waals surface area contributed by atoms with E-state index < -0.39 is 0 Å². The number of ether oxygens (including phenoxy) is 1. The topological polar surface area (TPSA) is 66.0 Å². The molecule has 0 bridgehead atoms. The first kappa shape index (κ1) is 13.4. The van der Waals surface area contributed by atoms with E-state index in [9.17, 15) is 0 Å². The Morgan fingerprint density at radius 2 is 2.05 bits per heavy atom. The van der Waals surface area contributed by atoms with Crippen molar-refractivity contribution in [2.75, 3.05) is 12.8 Å². The summed E-state index contributed by atoms with van der Waals surface area (Å²) in [6.07, 6.45) is 0.866. The monoisotopic (exact) mass is 282 g/mol. The highest BCUT2D eigenvalue weighted by Gasteiger charge is 2.19. The Morgan fingerprint density at radius 1 is 1.24 bits per heavy atom. The number of para-hydroxylation sites is 1. The second kappa shape index (κ2) is 5.44. The fraction of sp³-hybridized carbons (Fsp3) is 0.250. The van der Waals surface area contributed by atoms with Crippen molar-refractivity contribution in [2.24, 2.45) is 0 Å². The Bertz CT molecular complexity index is 766. The van der Waals surface area contributed by atoms with E-state index in [2.05, 4.69) is 17.2 Å². The highest BCUT2D eigenvalue weighted by atomic mass is 16.5. The summed E-state index contributed by atoms with van der Waals surface area (Å²) in [6, 6.07) is 13.7. The molecule has 0 amide bonds. The maximum Gasteiger partial charge on any atom is 0.119 e. The highest BCUT2D eigenvalue weighted by Crippen LogP contribution is 2.31. The van der Waals surface area contributed by atoms with E-state index in [1.165, 1.54) is 0 Å². The van der Waals surface area contributed by atoms with Crippen LogP contribution in [-0.4, -0.2) is 22.1 Å². The Labute approximate surface area is 123 Å². The minimum absolute atomic E-state index is 0.0347. The number of aromatic nitrogens is 3. The quantitative estimate of drug-likeness (QED) is 0.747. The molecule has 0 aliphatic carbocycles. The van der Waals surface area contributed by atoms with E-state index >= 15 is 0 Å². The number of nitrogens with zero attached hydrogens (tertiary/aromatic N) is 3. The summed E-state index contributed by atoms with van der Waals surface area (Å²) in [5, 5.41) is 8.54. The van der Waals surface area contributed by atoms with Crippen LogP contribution >= 0.6 is 0 Å². The average Bonchev–Trinajstić information content (AvgIpc) is 2.94. The van der Waals surface area contributed by atoms with Crippen molar-refractivity contribution >= 4 is 16.7 Å². The maximum atomic E-state index is 6.15. The Balaban J connectivity index is 2.14. The predicted octanol–water partition coefficient (Wildman–Crippen LogP) is 3.02. The second-order valence-electron chi connectivity index (χ2n) is 4.94. The lowest BCUT2D eigenvalue weighted by molar-refractivity contribution is 0.412. The van der Waals surface area contributed by atoms with Crippen LogP contribution in [0.5, 0.6) is 5.75 Å². The first-order valence-electron chi connectivity index (χ1n) is 6.98. The van der Waals surface area contributed by atoms with Crippen LogP contribution < -0.4 is 10.5 Å². The number of benzene rings is 2. The Kier molecular flexibility index (Phi) is 3.48. The van der Waals surface area contributed by atoms with Gasteiger partial charge in [-0.1, -0.05) is 24.3 Å². The molecule has 2 aromatic carbocycles. The van der Waals surface area contributed by atoms with Gasteiger partial charge in [0.2, 0.25) is 0 Å². The number of methoxy groups -OCH3 is 1. The number of hydrogen-bond donors (Lipinski definition) is 1. The van der Waals surface area contributed by atoms with Gasteiger partial charge in [-0.25, -0.2) is 4.68 Å². The molecule has 2 N–H and O–H groups in total. The van der Waals surface area contributed by atoms with E-state index in [1.54, 1.807) is 7.11 Å². The minimum atomic E-state index is 0.0347. The van der Waals surface area contributed by atoms with Crippen LogP contribution in [0, 0.1) is 0 Å². The molecular weight excluding hydrogens is 264 g/mol. The van der Waals surface area contributed by atoms with Crippen LogP contribution in [0.4, 0.5) is 5.69 Å². The number of rotatable bonds is 4. The van der Waals surface area contributed by atoms with E-state index in [4.69, 9.17) is 10.5 Å². The lowest BCUT2D eigenvalue weighted by Crippen LogP contribution is -2.13. The van der Waals surface area contributed by atoms with E-state index in [0.29, 0.717) is 0 Å². The Hall–Kier alpha value is -2.56. The van der Waals surface area contributed by atoms with Gasteiger partial charge in [0.05, 0.1) is 18.7 Å². The molecular formula is C16H18N4O. The van der Waals surface area contributed by atoms with Crippen LogP contribution in [0.25, 0.3) is 11.0 Å². The fourth-order valence-corrected chi connectivity index (χ4v) is 2.61. The molecule has 0 fully saturated rings. The van der Waals surface area contributed by atoms with Crippen LogP contribution in [0.3, 0.4) is 0 Å². The molecule has 0 aliphatic heterocycles. The van der Waals surface area contributed by atoms with Gasteiger partial charge < -0.3 is 10.5 Å². The summed E-state index contributed by atoms with van der Waals surface area (Å²) in [4.78, 5) is 0. The third kappa shape index (κ3) is 2.31. The van der Waals surface area contributed by atoms with Gasteiger partial charge in [-0.2, -0.15) is 0 Å². The van der Waals surface area contributed by atoms with E-state index in [-0.39, 0.29) is 6.04 Å². The SMILES string of the molecule is CCC(c1cc(OC)ccc1N)n1nnc2ccccc21. The fourth-order valence-electron chi connectivity index (χ4n) is 2.61. The summed E-state index contributed by atoms with van der Waals surface area (Å²) >= 11 is 0. The minimum Gasteiger partial charge on any atom is -0.497 e. The zero-order valence-corrected chi connectivity index (χ0v) is 12.2. The second-order valence-corrected chi connectivity index (χ2v) is 4.94. The number of anilines is 1. The molecule has 3 rings (SSSR count). The van der Waals surface area contributed by atoms with Crippen LogP contribution in [0.15, 0.2) is 42.5 Å². The van der Waals surface area contributed by atoms with E-state index in [0.717, 1.165) is 34.5 Å². The van der Waals surface area contributed by atoms with Gasteiger partial charge in [-0.3, -0.25) is 0 Å². The van der Waals surface area contributed by atoms with Crippen molar-refractivity contribution in [2.45, 2.75) is 19.4 Å². The number of nitrogens with two attached hydrogens (primary N) is 1. The zero-order valence-electron chi connectivity index (χ0n) is 12.2. The van der Waals surface area contributed by atoms with Crippen LogP contribution in [-0.2, 0) is 0 Å². The lowest BCUT2D eigenvalue weighted by Gasteiger charge is -2.19.